The Morgan fingerprint density at radius 2 is 1.79 bits per heavy atom. The number of thiophene rings is 1. The highest BCUT2D eigenvalue weighted by atomic mass is 32.2. The Labute approximate surface area is 141 Å². The van der Waals surface area contributed by atoms with Crippen LogP contribution >= 0.6 is 11.3 Å². The van der Waals surface area contributed by atoms with E-state index in [0.717, 1.165) is 23.6 Å². The minimum Gasteiger partial charge on any atom is -0.354 e. The van der Waals surface area contributed by atoms with Crippen molar-refractivity contribution in [1.29, 1.82) is 0 Å². The molecule has 1 aliphatic rings. The Morgan fingerprint density at radius 3 is 2.29 bits per heavy atom. The van der Waals surface area contributed by atoms with Gasteiger partial charge in [-0.2, -0.15) is 17.5 Å². The second kappa shape index (κ2) is 6.34. The van der Waals surface area contributed by atoms with Crippen molar-refractivity contribution in [2.24, 2.45) is 0 Å². The molecule has 0 bridgehead atoms. The average molecular weight is 377 g/mol. The molecule has 0 spiro atoms. The molecule has 1 saturated heterocycles. The number of alkyl halides is 3. The van der Waals surface area contributed by atoms with Crippen LogP contribution in [0.4, 0.5) is 19.0 Å². The fourth-order valence-electron chi connectivity index (χ4n) is 2.44. The molecule has 2 aromatic rings. The van der Waals surface area contributed by atoms with Crippen LogP contribution in [-0.4, -0.2) is 43.9 Å². The number of hydrogen-bond donors (Lipinski definition) is 0. The summed E-state index contributed by atoms with van der Waals surface area (Å²) in [6.07, 6.45) is -3.62. The van der Waals surface area contributed by atoms with Crippen LogP contribution in [-0.2, 0) is 16.2 Å². The number of anilines is 1. The lowest BCUT2D eigenvalue weighted by atomic mass is 10.2. The molecule has 0 saturated carbocycles. The number of aromatic nitrogens is 1. The van der Waals surface area contributed by atoms with Crippen molar-refractivity contribution in [2.75, 3.05) is 31.1 Å². The van der Waals surface area contributed by atoms with Crippen LogP contribution in [0, 0.1) is 0 Å². The highest BCUT2D eigenvalue weighted by molar-refractivity contribution is 7.91. The van der Waals surface area contributed by atoms with Crippen LogP contribution in [0.5, 0.6) is 0 Å². The van der Waals surface area contributed by atoms with Gasteiger partial charge in [-0.25, -0.2) is 13.4 Å². The molecule has 5 nitrogen and oxygen atoms in total. The lowest BCUT2D eigenvalue weighted by Gasteiger charge is -2.34. The Kier molecular flexibility index (Phi) is 4.54. The van der Waals surface area contributed by atoms with Crippen molar-refractivity contribution in [2.45, 2.75) is 10.4 Å². The first-order valence-corrected chi connectivity index (χ1v) is 9.42. The molecule has 0 unspecified atom stereocenters. The van der Waals surface area contributed by atoms with E-state index < -0.39 is 21.8 Å². The summed E-state index contributed by atoms with van der Waals surface area (Å²) in [5.41, 5.74) is -0.801. The zero-order chi connectivity index (χ0) is 17.4. The van der Waals surface area contributed by atoms with Gasteiger partial charge < -0.3 is 4.90 Å². The van der Waals surface area contributed by atoms with Crippen LogP contribution in [0.15, 0.2) is 40.1 Å². The van der Waals surface area contributed by atoms with Crippen LogP contribution in [0.25, 0.3) is 0 Å². The van der Waals surface area contributed by atoms with Gasteiger partial charge in [-0.15, -0.1) is 11.3 Å². The highest BCUT2D eigenvalue weighted by Gasteiger charge is 2.32. The standard InChI is InChI=1S/C14H14F3N3O2S2/c15-14(16,17)11-3-4-12(18-10-11)19-5-7-20(8-6-19)24(21,22)13-2-1-9-23-13/h1-4,9-10H,5-8H2. The first-order chi connectivity index (χ1) is 11.3. The van der Waals surface area contributed by atoms with Crippen LogP contribution in [0.1, 0.15) is 5.56 Å². The smallest absolute Gasteiger partial charge is 0.354 e. The van der Waals surface area contributed by atoms with E-state index in [-0.39, 0.29) is 13.1 Å². The maximum Gasteiger partial charge on any atom is 0.417 e. The Balaban J connectivity index is 1.67. The van der Waals surface area contributed by atoms with E-state index in [9.17, 15) is 21.6 Å². The summed E-state index contributed by atoms with van der Waals surface area (Å²) in [5.74, 6) is 0.413. The summed E-state index contributed by atoms with van der Waals surface area (Å²) in [5, 5.41) is 1.70. The van der Waals surface area contributed by atoms with Gasteiger partial charge in [0.05, 0.1) is 5.56 Å². The van der Waals surface area contributed by atoms with Crippen molar-refractivity contribution < 1.29 is 21.6 Å². The van der Waals surface area contributed by atoms with E-state index in [1.807, 2.05) is 0 Å². The maximum absolute atomic E-state index is 12.6. The molecule has 3 heterocycles. The van der Waals surface area contributed by atoms with Gasteiger partial charge in [0, 0.05) is 32.4 Å². The second-order valence-electron chi connectivity index (χ2n) is 5.23. The number of sulfonamides is 1. The first-order valence-electron chi connectivity index (χ1n) is 7.10. The summed E-state index contributed by atoms with van der Waals surface area (Å²) in [7, 11) is -3.49. The van der Waals surface area contributed by atoms with E-state index in [0.29, 0.717) is 23.1 Å². The molecule has 0 N–H and O–H groups in total. The van der Waals surface area contributed by atoms with Crippen molar-refractivity contribution in [1.82, 2.24) is 9.29 Å². The summed E-state index contributed by atoms with van der Waals surface area (Å²) < 4.78 is 64.2. The summed E-state index contributed by atoms with van der Waals surface area (Å²) in [6, 6.07) is 5.53. The van der Waals surface area contributed by atoms with Crippen LogP contribution in [0.2, 0.25) is 0 Å². The van der Waals surface area contributed by atoms with E-state index in [4.69, 9.17) is 0 Å². The van der Waals surface area contributed by atoms with Crippen molar-refractivity contribution in [3.05, 3.63) is 41.4 Å². The Morgan fingerprint density at radius 1 is 1.08 bits per heavy atom. The predicted octanol–water partition coefficient (Wildman–Crippen LogP) is 2.67. The highest BCUT2D eigenvalue weighted by Crippen LogP contribution is 2.29. The molecule has 10 heteroatoms. The minimum atomic E-state index is -4.42. The van der Waals surface area contributed by atoms with Gasteiger partial charge in [0.15, 0.2) is 0 Å². The molecule has 24 heavy (non-hydrogen) atoms. The molecule has 1 aliphatic heterocycles. The van der Waals surface area contributed by atoms with E-state index >= 15 is 0 Å². The fraction of sp³-hybridized carbons (Fsp3) is 0.357. The zero-order valence-electron chi connectivity index (χ0n) is 12.4. The Bertz CT molecular complexity index is 782. The van der Waals surface area contributed by atoms with Gasteiger partial charge in [-0.3, -0.25) is 0 Å². The lowest BCUT2D eigenvalue weighted by Crippen LogP contribution is -2.48. The quantitative estimate of drug-likeness (QED) is 0.825. The second-order valence-corrected chi connectivity index (χ2v) is 8.34. The Hall–Kier alpha value is -1.65. The molecular weight excluding hydrogens is 363 g/mol. The largest absolute Gasteiger partial charge is 0.417 e. The van der Waals surface area contributed by atoms with Gasteiger partial charge in [0.2, 0.25) is 0 Å². The van der Waals surface area contributed by atoms with Crippen molar-refractivity contribution in [3.63, 3.8) is 0 Å². The number of halogens is 3. The lowest BCUT2D eigenvalue weighted by molar-refractivity contribution is -0.137. The normalized spacial score (nSPS) is 17.2. The summed E-state index contributed by atoms with van der Waals surface area (Å²) in [6.45, 7) is 1.29. The molecule has 0 amide bonds. The first kappa shape index (κ1) is 17.2. The zero-order valence-corrected chi connectivity index (χ0v) is 14.0. The van der Waals surface area contributed by atoms with Gasteiger partial charge in [-0.1, -0.05) is 6.07 Å². The molecular formula is C14H14F3N3O2S2. The van der Waals surface area contributed by atoms with Gasteiger partial charge in [0.25, 0.3) is 10.0 Å². The third-order valence-corrected chi connectivity index (χ3v) is 7.00. The third kappa shape index (κ3) is 3.40. The van der Waals surface area contributed by atoms with E-state index in [2.05, 4.69) is 4.98 Å². The number of nitrogens with zero attached hydrogens (tertiary/aromatic N) is 3. The molecule has 0 atom stereocenters. The monoisotopic (exact) mass is 377 g/mol. The summed E-state index contributed by atoms with van der Waals surface area (Å²) >= 11 is 1.16. The molecule has 0 aromatic carbocycles. The average Bonchev–Trinajstić information content (AvgIpc) is 3.10. The van der Waals surface area contributed by atoms with Crippen molar-refractivity contribution >= 4 is 27.2 Å². The van der Waals surface area contributed by atoms with Gasteiger partial charge >= 0.3 is 6.18 Å². The predicted molar refractivity (Wildman–Crippen MR) is 84.5 cm³/mol. The number of pyridine rings is 1. The molecule has 130 valence electrons. The van der Waals surface area contributed by atoms with E-state index in [1.165, 1.54) is 10.4 Å². The molecule has 0 aliphatic carbocycles. The SMILES string of the molecule is O=S(=O)(c1cccs1)N1CCN(c2ccc(C(F)(F)F)cn2)CC1. The van der Waals surface area contributed by atoms with Crippen LogP contribution < -0.4 is 4.90 Å². The molecule has 1 fully saturated rings. The third-order valence-electron chi connectivity index (χ3n) is 3.73. The van der Waals surface area contributed by atoms with Crippen LogP contribution in [0.3, 0.4) is 0 Å². The number of hydrogen-bond acceptors (Lipinski definition) is 5. The van der Waals surface area contributed by atoms with Crippen molar-refractivity contribution in [3.8, 4) is 0 Å². The van der Waals surface area contributed by atoms with E-state index in [1.54, 1.807) is 22.4 Å². The topological polar surface area (TPSA) is 53.5 Å². The fourth-order valence-corrected chi connectivity index (χ4v) is 5.00. The molecule has 3 rings (SSSR count). The number of rotatable bonds is 3. The van der Waals surface area contributed by atoms with Gasteiger partial charge in [0.1, 0.15) is 10.0 Å². The number of piperazine rings is 1. The molecule has 0 radical (unpaired) electrons. The van der Waals surface area contributed by atoms with Gasteiger partial charge in [-0.05, 0) is 23.6 Å². The minimum absolute atomic E-state index is 0.267. The molecule has 2 aromatic heterocycles. The summed E-state index contributed by atoms with van der Waals surface area (Å²) in [4.78, 5) is 5.62. The maximum atomic E-state index is 12.6.